The zero-order valence-corrected chi connectivity index (χ0v) is 9.47. The van der Waals surface area contributed by atoms with Crippen molar-refractivity contribution in [1.82, 2.24) is 4.98 Å². The third-order valence-corrected chi connectivity index (χ3v) is 3.44. The molecule has 0 aliphatic rings. The third-order valence-electron chi connectivity index (χ3n) is 1.22. The van der Waals surface area contributed by atoms with E-state index in [-0.39, 0.29) is 5.43 Å². The molecule has 0 unspecified atom stereocenters. The molecule has 2 nitrogen and oxygen atoms in total. The summed E-state index contributed by atoms with van der Waals surface area (Å²) < 4.78 is 0.866. The Hall–Kier alpha value is 0.200. The average molecular weight is 301 g/mol. The van der Waals surface area contributed by atoms with Gasteiger partial charge in [0.25, 0.3) is 0 Å². The molecule has 1 heterocycles. The molecule has 1 rings (SSSR count). The maximum atomic E-state index is 11.2. The first-order chi connectivity index (χ1) is 5.04. The van der Waals surface area contributed by atoms with Crippen molar-refractivity contribution in [1.29, 1.82) is 0 Å². The summed E-state index contributed by atoms with van der Waals surface area (Å²) in [5.74, 6) is 0. The Balaban J connectivity index is 3.59. The zero-order valence-electron chi connectivity index (χ0n) is 5.54. The van der Waals surface area contributed by atoms with E-state index in [9.17, 15) is 4.79 Å². The molecule has 60 valence electrons. The van der Waals surface area contributed by atoms with Crippen molar-refractivity contribution in [3.63, 3.8) is 0 Å². The van der Waals surface area contributed by atoms with Crippen molar-refractivity contribution in [2.45, 2.75) is 6.92 Å². The Labute approximate surface area is 85.2 Å². The van der Waals surface area contributed by atoms with Gasteiger partial charge >= 0.3 is 0 Å². The summed E-state index contributed by atoms with van der Waals surface area (Å²) in [5, 5.41) is 0.329. The molecule has 0 bridgehead atoms. The van der Waals surface area contributed by atoms with Crippen LogP contribution in [0.3, 0.4) is 0 Å². The van der Waals surface area contributed by atoms with Crippen molar-refractivity contribution in [3.8, 4) is 0 Å². The van der Waals surface area contributed by atoms with Crippen molar-refractivity contribution in [2.75, 3.05) is 0 Å². The van der Waals surface area contributed by atoms with Crippen LogP contribution in [-0.4, -0.2) is 4.98 Å². The SMILES string of the molecule is Cc1[nH]c(Cl)c(Br)c(=O)c1Br. The van der Waals surface area contributed by atoms with Crippen LogP contribution in [0, 0.1) is 6.92 Å². The number of aromatic nitrogens is 1. The molecule has 1 N–H and O–H groups in total. The summed E-state index contributed by atoms with van der Waals surface area (Å²) in [7, 11) is 0. The van der Waals surface area contributed by atoms with E-state index in [2.05, 4.69) is 36.8 Å². The second kappa shape index (κ2) is 3.29. The van der Waals surface area contributed by atoms with E-state index in [1.807, 2.05) is 0 Å². The molecule has 0 saturated carbocycles. The van der Waals surface area contributed by atoms with Gasteiger partial charge in [0.2, 0.25) is 5.43 Å². The largest absolute Gasteiger partial charge is 0.348 e. The van der Waals surface area contributed by atoms with Gasteiger partial charge in [-0.15, -0.1) is 0 Å². The van der Waals surface area contributed by atoms with E-state index >= 15 is 0 Å². The second-order valence-electron chi connectivity index (χ2n) is 2.02. The van der Waals surface area contributed by atoms with E-state index in [1.165, 1.54) is 0 Å². The van der Waals surface area contributed by atoms with Crippen LogP contribution in [0.15, 0.2) is 13.7 Å². The van der Waals surface area contributed by atoms with Crippen LogP contribution in [0.5, 0.6) is 0 Å². The number of halogens is 3. The van der Waals surface area contributed by atoms with Gasteiger partial charge in [0.05, 0.1) is 4.47 Å². The first-order valence-electron chi connectivity index (χ1n) is 2.77. The van der Waals surface area contributed by atoms with Gasteiger partial charge in [0.15, 0.2) is 0 Å². The molecule has 11 heavy (non-hydrogen) atoms. The first kappa shape index (κ1) is 9.29. The summed E-state index contributed by atoms with van der Waals surface area (Å²) >= 11 is 11.9. The fourth-order valence-corrected chi connectivity index (χ4v) is 1.73. The van der Waals surface area contributed by atoms with Gasteiger partial charge in [0.1, 0.15) is 9.63 Å². The fraction of sp³-hybridized carbons (Fsp3) is 0.167. The van der Waals surface area contributed by atoms with E-state index in [0.717, 1.165) is 5.69 Å². The maximum Gasteiger partial charge on any atom is 0.211 e. The highest BCUT2D eigenvalue weighted by Crippen LogP contribution is 2.20. The van der Waals surface area contributed by atoms with Crippen molar-refractivity contribution < 1.29 is 0 Å². The van der Waals surface area contributed by atoms with Gasteiger partial charge < -0.3 is 4.98 Å². The monoisotopic (exact) mass is 299 g/mol. The van der Waals surface area contributed by atoms with Crippen LogP contribution < -0.4 is 5.43 Å². The van der Waals surface area contributed by atoms with E-state index in [1.54, 1.807) is 6.92 Å². The zero-order chi connectivity index (χ0) is 8.59. The molecule has 0 fully saturated rings. The molecule has 0 saturated heterocycles. The molecule has 0 radical (unpaired) electrons. The summed E-state index contributed by atoms with van der Waals surface area (Å²) in [6.07, 6.45) is 0. The van der Waals surface area contributed by atoms with Gasteiger partial charge in [-0.05, 0) is 38.8 Å². The second-order valence-corrected chi connectivity index (χ2v) is 3.99. The van der Waals surface area contributed by atoms with Crippen molar-refractivity contribution in [2.24, 2.45) is 0 Å². The summed E-state index contributed by atoms with van der Waals surface area (Å²) in [5.41, 5.74) is 0.592. The van der Waals surface area contributed by atoms with Crippen LogP contribution in [0.1, 0.15) is 5.69 Å². The minimum Gasteiger partial charge on any atom is -0.348 e. The smallest absolute Gasteiger partial charge is 0.211 e. The number of H-pyrrole nitrogens is 1. The number of aryl methyl sites for hydroxylation is 1. The molecule has 1 aromatic heterocycles. The average Bonchev–Trinajstić information content (AvgIpc) is 1.97. The molecule has 1 aromatic rings. The van der Waals surface area contributed by atoms with Crippen LogP contribution in [0.25, 0.3) is 0 Å². The lowest BCUT2D eigenvalue weighted by Crippen LogP contribution is -2.07. The predicted molar refractivity (Wildman–Crippen MR) is 52.2 cm³/mol. The molecule has 0 amide bonds. The normalized spacial score (nSPS) is 10.2. The van der Waals surface area contributed by atoms with Crippen molar-refractivity contribution >= 4 is 43.5 Å². The number of pyridine rings is 1. The number of nitrogens with one attached hydrogen (secondary N) is 1. The highest BCUT2D eigenvalue weighted by Gasteiger charge is 2.07. The van der Waals surface area contributed by atoms with E-state index in [0.29, 0.717) is 14.1 Å². The fourth-order valence-electron chi connectivity index (χ4n) is 0.641. The van der Waals surface area contributed by atoms with Gasteiger partial charge in [-0.3, -0.25) is 4.79 Å². The molecule has 0 atom stereocenters. The predicted octanol–water partition coefficient (Wildman–Crippen LogP) is 2.86. The van der Waals surface area contributed by atoms with E-state index < -0.39 is 0 Å². The molecule has 5 heteroatoms. The first-order valence-corrected chi connectivity index (χ1v) is 4.74. The van der Waals surface area contributed by atoms with Gasteiger partial charge in [-0.2, -0.15) is 0 Å². The summed E-state index contributed by atoms with van der Waals surface area (Å²) in [6.45, 7) is 1.77. The summed E-state index contributed by atoms with van der Waals surface area (Å²) in [6, 6.07) is 0. The minimum atomic E-state index is -0.133. The Kier molecular flexibility index (Phi) is 2.78. The highest BCUT2D eigenvalue weighted by molar-refractivity contribution is 9.11. The molecule has 0 aliphatic heterocycles. The number of hydrogen-bond acceptors (Lipinski definition) is 1. The van der Waals surface area contributed by atoms with Gasteiger partial charge in [-0.25, -0.2) is 0 Å². The molecule has 0 spiro atoms. The molecular formula is C6H4Br2ClNO. The Morgan fingerprint density at radius 3 is 2.45 bits per heavy atom. The standard InChI is InChI=1S/C6H4Br2ClNO/c1-2-3(7)5(11)4(8)6(9)10-2/h1H3,(H,10,11). The Bertz CT molecular complexity index is 318. The van der Waals surface area contributed by atoms with Crippen LogP contribution in [0.4, 0.5) is 0 Å². The quantitative estimate of drug-likeness (QED) is 0.734. The maximum absolute atomic E-state index is 11.2. The summed E-state index contributed by atoms with van der Waals surface area (Å²) in [4.78, 5) is 14.0. The molecule has 0 aliphatic carbocycles. The van der Waals surface area contributed by atoms with Crippen LogP contribution >= 0.6 is 43.5 Å². The van der Waals surface area contributed by atoms with Crippen LogP contribution in [-0.2, 0) is 0 Å². The number of rotatable bonds is 0. The molecular weight excluding hydrogens is 297 g/mol. The minimum absolute atomic E-state index is 0.133. The number of aromatic amines is 1. The topological polar surface area (TPSA) is 32.9 Å². The Morgan fingerprint density at radius 1 is 1.36 bits per heavy atom. The van der Waals surface area contributed by atoms with E-state index in [4.69, 9.17) is 11.6 Å². The lowest BCUT2D eigenvalue weighted by molar-refractivity contribution is 1.15. The highest BCUT2D eigenvalue weighted by atomic mass is 79.9. The van der Waals surface area contributed by atoms with Crippen LogP contribution in [0.2, 0.25) is 5.15 Å². The lowest BCUT2D eigenvalue weighted by Gasteiger charge is -2.00. The van der Waals surface area contributed by atoms with Gasteiger partial charge in [0, 0.05) is 5.69 Å². The van der Waals surface area contributed by atoms with Crippen molar-refractivity contribution in [3.05, 3.63) is 30.0 Å². The molecule has 0 aromatic carbocycles. The number of hydrogen-bond donors (Lipinski definition) is 1. The lowest BCUT2D eigenvalue weighted by atomic mass is 10.4. The van der Waals surface area contributed by atoms with Gasteiger partial charge in [-0.1, -0.05) is 11.6 Å². The third kappa shape index (κ3) is 1.68. The Morgan fingerprint density at radius 2 is 1.91 bits per heavy atom.